The molecular formula is C54H81BN12NaO15. The predicted molar refractivity (Wildman–Crippen MR) is 309 cm³/mol. The van der Waals surface area contributed by atoms with Crippen LogP contribution in [0.15, 0.2) is 48.5 Å². The molecule has 4 aliphatic rings. The van der Waals surface area contributed by atoms with E-state index in [1.54, 1.807) is 23.1 Å². The Balaban J connectivity index is 0.00000115. The SMILES string of the molecule is C.C.C1COCCN1.CC(=O)O.CC(=O)OOC(C)=O.CCCCOc1nc(N)c2c(n1)N(Cc1cccc(C=O)c1)CC(=O)N2.CCCCOc1nc(N)c2c(n1)N(Cc1cccc(CN3CCOCC3)c1)CC(=O)N2.[B-]OC(C)=O.[Na+]. The molecule has 0 spiro atoms. The number of amides is 2. The summed E-state index contributed by atoms with van der Waals surface area (Å²) in [7, 11) is 4.32. The minimum absolute atomic E-state index is 0. The van der Waals surface area contributed by atoms with Crippen LogP contribution in [-0.4, -0.2) is 159 Å². The van der Waals surface area contributed by atoms with E-state index in [0.717, 1.165) is 123 Å². The van der Waals surface area contributed by atoms with Crippen molar-refractivity contribution in [1.82, 2.24) is 30.2 Å². The van der Waals surface area contributed by atoms with Gasteiger partial charge in [0.25, 0.3) is 5.97 Å². The monoisotopic (exact) mass is 1170 g/mol. The zero-order valence-corrected chi connectivity index (χ0v) is 49.2. The molecule has 4 aliphatic heterocycles. The molecule has 2 aromatic carbocycles. The number of fused-ring (bicyclic) bond motifs is 2. The summed E-state index contributed by atoms with van der Waals surface area (Å²) in [5.41, 5.74) is 16.7. The minimum Gasteiger partial charge on any atom is -0.793 e. The Labute approximate surface area is 509 Å². The van der Waals surface area contributed by atoms with E-state index in [9.17, 15) is 28.8 Å². The molecule has 451 valence electrons. The van der Waals surface area contributed by atoms with E-state index < -0.39 is 23.9 Å². The number of aromatic nitrogens is 4. The van der Waals surface area contributed by atoms with Crippen LogP contribution in [0.1, 0.15) is 109 Å². The van der Waals surface area contributed by atoms with Gasteiger partial charge in [-0.3, -0.25) is 28.9 Å². The van der Waals surface area contributed by atoms with Crippen LogP contribution >= 0.6 is 0 Å². The molecule has 8 N–H and O–H groups in total. The zero-order chi connectivity index (χ0) is 58.8. The van der Waals surface area contributed by atoms with Crippen LogP contribution in [-0.2, 0) is 72.3 Å². The first-order chi connectivity index (χ1) is 38.3. The van der Waals surface area contributed by atoms with Gasteiger partial charge in [-0.2, -0.15) is 19.9 Å². The normalized spacial score (nSPS) is 13.5. The van der Waals surface area contributed by atoms with Crippen molar-refractivity contribution in [2.24, 2.45) is 0 Å². The molecule has 0 saturated carbocycles. The number of rotatable bonds is 15. The van der Waals surface area contributed by atoms with Crippen LogP contribution < -0.4 is 76.2 Å². The second-order valence-electron chi connectivity index (χ2n) is 17.6. The summed E-state index contributed by atoms with van der Waals surface area (Å²) < 4.78 is 25.3. The third kappa shape index (κ3) is 30.6. The fourth-order valence-corrected chi connectivity index (χ4v) is 7.13. The molecule has 8 rings (SSSR count). The fraction of sp³-hybridized carbons (Fsp3) is 0.500. The third-order valence-corrected chi connectivity index (χ3v) is 10.7. The molecule has 2 fully saturated rings. The van der Waals surface area contributed by atoms with Gasteiger partial charge < -0.3 is 74.0 Å². The zero-order valence-electron chi connectivity index (χ0n) is 47.2. The van der Waals surface area contributed by atoms with Crippen molar-refractivity contribution in [3.05, 3.63) is 70.8 Å². The number of carbonyl (C=O) groups excluding carboxylic acids is 6. The van der Waals surface area contributed by atoms with Gasteiger partial charge in [-0.25, -0.2) is 19.4 Å². The van der Waals surface area contributed by atoms with Crippen LogP contribution in [0, 0.1) is 0 Å². The van der Waals surface area contributed by atoms with Gasteiger partial charge >= 0.3 is 53.5 Å². The molecule has 3 radical (unpaired) electrons. The second kappa shape index (κ2) is 42.6. The number of carboxylic acid groups (broad SMARTS) is 1. The molecule has 4 aromatic rings. The van der Waals surface area contributed by atoms with E-state index in [1.807, 2.05) is 11.0 Å². The molecule has 2 aromatic heterocycles. The first kappa shape index (κ1) is 75.8. The summed E-state index contributed by atoms with van der Waals surface area (Å²) in [4.78, 5) is 105. The van der Waals surface area contributed by atoms with Gasteiger partial charge in [-0.15, -0.1) is 0 Å². The molecule has 0 bridgehead atoms. The van der Waals surface area contributed by atoms with Gasteiger partial charge in [-0.05, 0) is 35.6 Å². The Morgan fingerprint density at radius 2 is 1.08 bits per heavy atom. The van der Waals surface area contributed by atoms with Crippen LogP contribution in [0.2, 0.25) is 0 Å². The van der Waals surface area contributed by atoms with E-state index in [-0.39, 0.29) is 93.0 Å². The standard InChI is InChI=1S/C22H30N6O3.C18H21N5O3.C4H9NO.C4H6O4.C2H3BO2.C2H4O2.2CH4.Na/c1-2-3-9-31-22-25-20(23)19-21(26-22)28(15-18(29)24-19)14-17-6-4-5-16(12-17)13-27-7-10-30-11-8-27;1-2-3-7-26-18-21-16(19)15-17(22-18)23(10-14(25)20-15)9-12-5-4-6-13(8-12)11-24;1-3-6-4-2-5-1;1-3(5)7-8-4(2)6;1-2(4)5-3;1-2(3)4;;;/h4-6,12H,2-3,7-11,13-15H2,1H3,(H,24,29)(H2,23,25,26);4-6,8,11H,2-3,7,9-10H2,1H3,(H,20,25)(H2,19,21,22);5H,1-4H2;1-2H3;1H3;1H3,(H,3,4);2*1H4;/q;;;;-1;;;;+1. The van der Waals surface area contributed by atoms with Gasteiger partial charge in [0.1, 0.15) is 17.7 Å². The number of carboxylic acids is 1. The average Bonchev–Trinajstić information content (AvgIpc) is 3.54. The Bertz CT molecular complexity index is 2610. The third-order valence-electron chi connectivity index (χ3n) is 10.7. The number of hydrogen-bond donors (Lipinski definition) is 6. The number of benzene rings is 2. The summed E-state index contributed by atoms with van der Waals surface area (Å²) in [5, 5.41) is 16.1. The fourth-order valence-electron chi connectivity index (χ4n) is 7.13. The number of unbranched alkanes of at least 4 members (excludes halogenated alkanes) is 2. The van der Waals surface area contributed by atoms with Crippen molar-refractivity contribution < 1.29 is 102 Å². The summed E-state index contributed by atoms with van der Waals surface area (Å²) in [6, 6.07) is 16.1. The van der Waals surface area contributed by atoms with Gasteiger partial charge in [0.15, 0.2) is 23.3 Å². The number of ether oxygens (including phenoxy) is 4. The molecule has 0 unspecified atom stereocenters. The summed E-state index contributed by atoms with van der Waals surface area (Å²) in [5.74, 6) is -1.41. The second-order valence-corrected chi connectivity index (χ2v) is 17.6. The number of aldehydes is 1. The molecule has 29 heteroatoms. The Hall–Kier alpha value is -7.21. The molecule has 27 nitrogen and oxygen atoms in total. The van der Waals surface area contributed by atoms with Crippen molar-refractivity contribution in [1.29, 1.82) is 0 Å². The topological polar surface area (TPSA) is 354 Å². The number of nitrogens with zero attached hydrogens (tertiary/aromatic N) is 7. The number of nitrogens with two attached hydrogens (primary N) is 2. The summed E-state index contributed by atoms with van der Waals surface area (Å²) in [6.07, 6.45) is 4.61. The molecule has 83 heavy (non-hydrogen) atoms. The molecular weight excluding hydrogens is 1090 g/mol. The van der Waals surface area contributed by atoms with E-state index in [2.05, 4.69) is 101 Å². The molecule has 2 saturated heterocycles. The van der Waals surface area contributed by atoms with Crippen LogP contribution in [0.5, 0.6) is 12.0 Å². The smallest absolute Gasteiger partial charge is 0.793 e. The van der Waals surface area contributed by atoms with Crippen molar-refractivity contribution >= 4 is 84.7 Å². The van der Waals surface area contributed by atoms with E-state index in [1.165, 1.54) is 12.5 Å². The number of nitrogen functional groups attached to an aromatic ring is 2. The van der Waals surface area contributed by atoms with E-state index >= 15 is 0 Å². The van der Waals surface area contributed by atoms with E-state index in [4.69, 9.17) is 40.3 Å². The number of morpholine rings is 2. The van der Waals surface area contributed by atoms with Crippen LogP contribution in [0.4, 0.5) is 34.6 Å². The number of nitrogens with one attached hydrogen (secondary N) is 3. The quantitative estimate of drug-likeness (QED) is 0.0324. The minimum atomic E-state index is -0.833. The maximum atomic E-state index is 12.3. The molecule has 0 aliphatic carbocycles. The summed E-state index contributed by atoms with van der Waals surface area (Å²) >= 11 is 0. The number of hydrogen-bond acceptors (Lipinski definition) is 24. The van der Waals surface area contributed by atoms with Gasteiger partial charge in [0, 0.05) is 79.1 Å². The Kier molecular flexibility index (Phi) is 38.9. The van der Waals surface area contributed by atoms with Crippen molar-refractivity contribution in [3.63, 3.8) is 0 Å². The predicted octanol–water partition coefficient (Wildman–Crippen LogP) is 1.67. The Morgan fingerprint density at radius 3 is 1.46 bits per heavy atom. The number of carbonyl (C=O) groups is 7. The molecule has 6 heterocycles. The number of aliphatic carboxylic acids is 1. The largest absolute Gasteiger partial charge is 1.00 e. The van der Waals surface area contributed by atoms with E-state index in [0.29, 0.717) is 54.9 Å². The van der Waals surface area contributed by atoms with Gasteiger partial charge in [0.05, 0.1) is 52.7 Å². The maximum Gasteiger partial charge on any atom is 1.00 e. The van der Waals surface area contributed by atoms with Gasteiger partial charge in [0.2, 0.25) is 17.8 Å². The number of anilines is 6. The van der Waals surface area contributed by atoms with Crippen LogP contribution in [0.3, 0.4) is 0 Å². The first-order valence-electron chi connectivity index (χ1n) is 25.7. The maximum absolute atomic E-state index is 12.3. The molecule has 0 atom stereocenters. The van der Waals surface area contributed by atoms with Crippen molar-refractivity contribution in [2.45, 2.75) is 102 Å². The average molecular weight is 1170 g/mol. The Morgan fingerprint density at radius 1 is 0.675 bits per heavy atom. The van der Waals surface area contributed by atoms with Crippen LogP contribution in [0.25, 0.3) is 0 Å². The van der Waals surface area contributed by atoms with Crippen molar-refractivity contribution in [3.8, 4) is 12.0 Å². The first-order valence-corrected chi connectivity index (χ1v) is 25.7. The van der Waals surface area contributed by atoms with Gasteiger partial charge in [-0.1, -0.05) is 84.0 Å². The molecule has 2 amide bonds. The summed E-state index contributed by atoms with van der Waals surface area (Å²) in [6.45, 7) is 19.3. The van der Waals surface area contributed by atoms with Crippen molar-refractivity contribution in [2.75, 3.05) is 111 Å².